The molecule has 19 heteroatoms. The van der Waals surface area contributed by atoms with Crippen LogP contribution in [0.25, 0.3) is 0 Å². The largest absolute Gasteiger partial charge is 0.480 e. The third kappa shape index (κ3) is 22.4. The molecule has 0 saturated heterocycles. The maximum Gasteiger partial charge on any atom is 0.326 e. The number of H-pyrrole nitrogens is 1. The lowest BCUT2D eigenvalue weighted by Crippen LogP contribution is -2.61. The second-order valence-corrected chi connectivity index (χ2v) is 20.6. The number of hydrogen-bond donors (Lipinski definition) is 10. The molecule has 11 N–H and O–H groups in total. The Kier molecular flexibility index (Phi) is 25.8. The van der Waals surface area contributed by atoms with Crippen LogP contribution in [0.2, 0.25) is 0 Å². The highest BCUT2D eigenvalue weighted by Gasteiger charge is 2.36. The number of amides is 7. The average Bonchev–Trinajstić information content (AvgIpc) is 3.70. The maximum absolute atomic E-state index is 14.2. The van der Waals surface area contributed by atoms with Crippen LogP contribution in [-0.2, 0) is 44.8 Å². The van der Waals surface area contributed by atoms with Crippen molar-refractivity contribution in [3.63, 3.8) is 0 Å². The molecular formula is C47H84N10O9. The second-order valence-electron chi connectivity index (χ2n) is 20.6. The molecule has 0 aliphatic rings. The van der Waals surface area contributed by atoms with E-state index in [2.05, 4.69) is 47.2 Å². The SMILES string of the molecule is CC(C)C[C@H](NC(=O)[C@H](CC(C)C)NC(=O)[C@H](CC(C)C)NC(=O)[C@@H](N)CC(C)C)C(=O)N[C@@H](CC(C)C)C(=O)N[C@@H](CC(C)C)C(=O)N[C@H](C(=O)N[C@@H](Cc1cnc[nH]1)C(=O)O)C(C)C. The number of carboxylic acids is 1. The fourth-order valence-corrected chi connectivity index (χ4v) is 7.36. The Bertz CT molecular complexity index is 1710. The number of hydrogen-bond acceptors (Lipinski definition) is 10. The van der Waals surface area contributed by atoms with E-state index < -0.39 is 102 Å². The molecule has 1 rings (SSSR count). The van der Waals surface area contributed by atoms with E-state index in [9.17, 15) is 43.5 Å². The van der Waals surface area contributed by atoms with Crippen molar-refractivity contribution in [2.75, 3.05) is 0 Å². The molecule has 376 valence electrons. The Morgan fingerprint density at radius 2 is 0.773 bits per heavy atom. The standard InChI is InChI=1S/C47H84N10O9/c1-24(2)15-32(48)40(58)51-33(16-25(3)4)41(59)52-34(17-26(5)6)42(60)53-35(18-27(7)8)43(61)54-36(19-28(9)10)44(62)55-37(20-29(11)12)45(63)57-39(30(13)14)46(64)56-38(47(65)66)21-31-22-49-23-50-31/h22-30,32-39H,15-21,48H2,1-14H3,(H,49,50)(H,51,58)(H,52,59)(H,53,60)(H,54,61)(H,55,62)(H,56,64)(H,57,63)(H,65,66)/t32-,33-,34-,35-,36-,37-,38-,39-/m0/s1. The van der Waals surface area contributed by atoms with E-state index in [4.69, 9.17) is 5.73 Å². The summed E-state index contributed by atoms with van der Waals surface area (Å²) in [5.41, 5.74) is 6.62. The number of rotatable bonds is 30. The first-order valence-electron chi connectivity index (χ1n) is 23.7. The summed E-state index contributed by atoms with van der Waals surface area (Å²) < 4.78 is 0. The molecular weight excluding hydrogens is 849 g/mol. The number of nitrogens with one attached hydrogen (secondary N) is 8. The Balaban J connectivity index is 3.36. The van der Waals surface area contributed by atoms with Crippen LogP contribution in [-0.4, -0.2) is 111 Å². The Hall–Kier alpha value is -5.07. The van der Waals surface area contributed by atoms with Crippen LogP contribution in [0.3, 0.4) is 0 Å². The van der Waals surface area contributed by atoms with Crippen molar-refractivity contribution in [1.29, 1.82) is 0 Å². The first kappa shape index (κ1) is 58.9. The second kappa shape index (κ2) is 28.9. The Morgan fingerprint density at radius 3 is 1.05 bits per heavy atom. The van der Waals surface area contributed by atoms with Gasteiger partial charge in [-0.05, 0) is 80.0 Å². The number of carbonyl (C=O) groups is 8. The summed E-state index contributed by atoms with van der Waals surface area (Å²) in [6, 6.07) is -8.70. The summed E-state index contributed by atoms with van der Waals surface area (Å²) in [4.78, 5) is 115. The van der Waals surface area contributed by atoms with Crippen molar-refractivity contribution in [1.82, 2.24) is 47.2 Å². The highest BCUT2D eigenvalue weighted by molar-refractivity contribution is 5.97. The smallest absolute Gasteiger partial charge is 0.326 e. The summed E-state index contributed by atoms with van der Waals surface area (Å²) in [5, 5.41) is 29.1. The van der Waals surface area contributed by atoms with Crippen molar-refractivity contribution in [2.24, 2.45) is 47.2 Å². The summed E-state index contributed by atoms with van der Waals surface area (Å²) in [7, 11) is 0. The fraction of sp³-hybridized carbons (Fsp3) is 0.766. The molecule has 0 aromatic carbocycles. The van der Waals surface area contributed by atoms with Crippen LogP contribution in [0.4, 0.5) is 0 Å². The summed E-state index contributed by atoms with van der Waals surface area (Å²) in [5.74, 6) is -6.20. The number of carboxylic acid groups (broad SMARTS) is 1. The molecule has 0 radical (unpaired) electrons. The van der Waals surface area contributed by atoms with E-state index in [0.717, 1.165) is 0 Å². The minimum absolute atomic E-state index is 0.0191. The van der Waals surface area contributed by atoms with Crippen molar-refractivity contribution < 1.29 is 43.5 Å². The van der Waals surface area contributed by atoms with Crippen molar-refractivity contribution in [3.8, 4) is 0 Å². The number of nitrogens with two attached hydrogens (primary N) is 1. The first-order valence-corrected chi connectivity index (χ1v) is 23.7. The van der Waals surface area contributed by atoms with Crippen LogP contribution in [0.5, 0.6) is 0 Å². The molecule has 0 unspecified atom stereocenters. The van der Waals surface area contributed by atoms with Crippen molar-refractivity contribution >= 4 is 47.3 Å². The molecule has 7 amide bonds. The highest BCUT2D eigenvalue weighted by Crippen LogP contribution is 2.15. The van der Waals surface area contributed by atoms with Crippen LogP contribution in [0, 0.1) is 41.4 Å². The van der Waals surface area contributed by atoms with Crippen LogP contribution in [0.1, 0.15) is 141 Å². The molecule has 0 fully saturated rings. The molecule has 0 aliphatic carbocycles. The molecule has 0 spiro atoms. The van der Waals surface area contributed by atoms with Gasteiger partial charge in [-0.25, -0.2) is 9.78 Å². The maximum atomic E-state index is 14.2. The molecule has 1 aromatic rings. The number of aliphatic carboxylic acids is 1. The van der Waals surface area contributed by atoms with E-state index in [1.165, 1.54) is 12.5 Å². The molecule has 19 nitrogen and oxygen atoms in total. The Morgan fingerprint density at radius 1 is 0.470 bits per heavy atom. The molecule has 1 aromatic heterocycles. The Labute approximate surface area is 392 Å². The van der Waals surface area contributed by atoms with Gasteiger partial charge in [0.2, 0.25) is 41.4 Å². The van der Waals surface area contributed by atoms with Crippen LogP contribution in [0.15, 0.2) is 12.5 Å². The lowest BCUT2D eigenvalue weighted by Gasteiger charge is -2.30. The molecule has 0 saturated carbocycles. The highest BCUT2D eigenvalue weighted by atomic mass is 16.4. The van der Waals surface area contributed by atoms with Gasteiger partial charge in [-0.3, -0.25) is 33.6 Å². The van der Waals surface area contributed by atoms with Gasteiger partial charge in [-0.1, -0.05) is 96.9 Å². The first-order chi connectivity index (χ1) is 30.6. The lowest BCUT2D eigenvalue weighted by atomic mass is 9.97. The third-order valence-corrected chi connectivity index (χ3v) is 10.6. The van der Waals surface area contributed by atoms with E-state index in [1.54, 1.807) is 13.8 Å². The van der Waals surface area contributed by atoms with Gasteiger partial charge in [0, 0.05) is 18.3 Å². The molecule has 0 aliphatic heterocycles. The molecule has 0 bridgehead atoms. The van der Waals surface area contributed by atoms with Gasteiger partial charge in [-0.15, -0.1) is 0 Å². The van der Waals surface area contributed by atoms with Gasteiger partial charge < -0.3 is 53.0 Å². The number of nitrogens with zero attached hydrogens (tertiary/aromatic N) is 1. The summed E-state index contributed by atoms with van der Waals surface area (Å²) in [6.07, 6.45) is 4.27. The summed E-state index contributed by atoms with van der Waals surface area (Å²) in [6.45, 7) is 26.1. The zero-order chi connectivity index (χ0) is 50.6. The van der Waals surface area contributed by atoms with E-state index >= 15 is 0 Å². The zero-order valence-corrected chi connectivity index (χ0v) is 42.0. The van der Waals surface area contributed by atoms with Gasteiger partial charge in [0.15, 0.2) is 0 Å². The average molecular weight is 933 g/mol. The fourth-order valence-electron chi connectivity index (χ4n) is 7.36. The molecule has 1 heterocycles. The van der Waals surface area contributed by atoms with Crippen molar-refractivity contribution in [2.45, 2.75) is 190 Å². The molecule has 66 heavy (non-hydrogen) atoms. The van der Waals surface area contributed by atoms with E-state index in [1.807, 2.05) is 83.1 Å². The third-order valence-electron chi connectivity index (χ3n) is 10.6. The predicted molar refractivity (Wildman–Crippen MR) is 253 cm³/mol. The lowest BCUT2D eigenvalue weighted by molar-refractivity contribution is -0.142. The van der Waals surface area contributed by atoms with E-state index in [-0.39, 0.29) is 67.6 Å². The number of carbonyl (C=O) groups excluding carboxylic acids is 7. The van der Waals surface area contributed by atoms with Gasteiger partial charge in [0.05, 0.1) is 12.4 Å². The van der Waals surface area contributed by atoms with Gasteiger partial charge in [0.25, 0.3) is 0 Å². The zero-order valence-electron chi connectivity index (χ0n) is 42.0. The normalized spacial score (nSPS) is 15.4. The van der Waals surface area contributed by atoms with Crippen LogP contribution >= 0.6 is 0 Å². The minimum atomic E-state index is -1.31. The van der Waals surface area contributed by atoms with Crippen LogP contribution < -0.4 is 43.0 Å². The molecule has 8 atom stereocenters. The van der Waals surface area contributed by atoms with Crippen molar-refractivity contribution in [3.05, 3.63) is 18.2 Å². The predicted octanol–water partition coefficient (Wildman–Crippen LogP) is 2.69. The van der Waals surface area contributed by atoms with Gasteiger partial charge >= 0.3 is 5.97 Å². The van der Waals surface area contributed by atoms with E-state index in [0.29, 0.717) is 18.5 Å². The van der Waals surface area contributed by atoms with Gasteiger partial charge in [-0.2, -0.15) is 0 Å². The quantitative estimate of drug-likeness (QED) is 0.0535. The topological polar surface area (TPSA) is 296 Å². The summed E-state index contributed by atoms with van der Waals surface area (Å²) >= 11 is 0. The number of aromatic nitrogens is 2. The number of imidazole rings is 1. The van der Waals surface area contributed by atoms with Gasteiger partial charge in [0.1, 0.15) is 42.3 Å². The number of aromatic amines is 1. The monoisotopic (exact) mass is 933 g/mol. The minimum Gasteiger partial charge on any atom is -0.480 e.